The number of aromatic nitrogens is 2. The molecule has 1 fully saturated rings. The number of hydrogen-bond acceptors (Lipinski definition) is 4. The Balaban J connectivity index is 1.22. The molecule has 134 valence electrons. The minimum atomic E-state index is -0.436. The van der Waals surface area contributed by atoms with Crippen LogP contribution in [0.5, 0.6) is 0 Å². The summed E-state index contributed by atoms with van der Waals surface area (Å²) < 4.78 is 8.10. The second kappa shape index (κ2) is 7.28. The second-order valence-corrected chi connectivity index (χ2v) is 7.44. The fourth-order valence-electron chi connectivity index (χ4n) is 3.95. The van der Waals surface area contributed by atoms with Crippen molar-refractivity contribution >= 4 is 0 Å². The predicted molar refractivity (Wildman–Crippen MR) is 96.5 cm³/mol. The molecule has 1 aromatic carbocycles. The number of hydrogen-bond donors (Lipinski definition) is 1. The van der Waals surface area contributed by atoms with Gasteiger partial charge >= 0.3 is 0 Å². The smallest absolute Gasteiger partial charge is 0.0900 e. The van der Waals surface area contributed by atoms with E-state index in [1.165, 1.54) is 16.7 Å². The lowest BCUT2D eigenvalue weighted by molar-refractivity contribution is -0.0409. The standard InChI is InChI=1S/C20H27N3O2/c1-15-9-21-23(10-15)17-11-22(12-17)13-18(24)14-25-20-8-4-6-16-5-2-3-7-19(16)20/h2-3,5,7,9-10,17-18,20,24H,4,6,8,11-14H2,1H3/t18-,20+/m1/s1. The number of aliphatic hydroxyl groups excluding tert-OH is 1. The summed E-state index contributed by atoms with van der Waals surface area (Å²) in [6.07, 6.45) is 7.03. The molecular weight excluding hydrogens is 314 g/mol. The van der Waals surface area contributed by atoms with Crippen LogP contribution in [0.1, 0.15) is 41.7 Å². The highest BCUT2D eigenvalue weighted by Gasteiger charge is 2.30. The average Bonchev–Trinajstić information content (AvgIpc) is 3.01. The van der Waals surface area contributed by atoms with Crippen molar-refractivity contribution in [3.63, 3.8) is 0 Å². The summed E-state index contributed by atoms with van der Waals surface area (Å²) in [6, 6.07) is 8.97. The second-order valence-electron chi connectivity index (χ2n) is 7.44. The molecule has 0 radical (unpaired) electrons. The molecule has 1 aliphatic carbocycles. The number of rotatable bonds is 6. The van der Waals surface area contributed by atoms with Gasteiger partial charge in [-0.15, -0.1) is 0 Å². The first-order valence-corrected chi connectivity index (χ1v) is 9.29. The van der Waals surface area contributed by atoms with Crippen molar-refractivity contribution in [3.05, 3.63) is 53.3 Å². The van der Waals surface area contributed by atoms with E-state index in [-0.39, 0.29) is 6.10 Å². The molecule has 0 spiro atoms. The molecule has 5 heteroatoms. The quantitative estimate of drug-likeness (QED) is 0.877. The number of β-amino-alcohol motifs (C(OH)–C–C–N with tert-alkyl or cyclic N) is 1. The SMILES string of the molecule is Cc1cnn(C2CN(C[C@@H](O)CO[C@H]3CCCc4ccccc43)C2)c1. The molecule has 2 aromatic rings. The van der Waals surface area contributed by atoms with Crippen molar-refractivity contribution in [3.8, 4) is 0 Å². The highest BCUT2D eigenvalue weighted by atomic mass is 16.5. The van der Waals surface area contributed by atoms with E-state index in [1.807, 2.05) is 10.9 Å². The van der Waals surface area contributed by atoms with Crippen molar-refractivity contribution in [2.24, 2.45) is 0 Å². The minimum absolute atomic E-state index is 0.135. The molecule has 0 unspecified atom stereocenters. The van der Waals surface area contributed by atoms with Crippen LogP contribution in [0.4, 0.5) is 0 Å². The van der Waals surface area contributed by atoms with E-state index in [9.17, 15) is 5.11 Å². The lowest BCUT2D eigenvalue weighted by atomic mass is 9.89. The third-order valence-corrected chi connectivity index (χ3v) is 5.32. The molecule has 0 amide bonds. The minimum Gasteiger partial charge on any atom is -0.389 e. The summed E-state index contributed by atoms with van der Waals surface area (Å²) in [6.45, 7) is 5.03. The molecule has 5 nitrogen and oxygen atoms in total. The summed E-state index contributed by atoms with van der Waals surface area (Å²) in [4.78, 5) is 2.27. The molecule has 25 heavy (non-hydrogen) atoms. The third-order valence-electron chi connectivity index (χ3n) is 5.32. The van der Waals surface area contributed by atoms with Gasteiger partial charge in [0, 0.05) is 25.8 Å². The van der Waals surface area contributed by atoms with Gasteiger partial charge < -0.3 is 9.84 Å². The molecule has 0 bridgehead atoms. The van der Waals surface area contributed by atoms with Crippen LogP contribution in [0.15, 0.2) is 36.7 Å². The Morgan fingerprint density at radius 1 is 1.32 bits per heavy atom. The van der Waals surface area contributed by atoms with Gasteiger partial charge in [-0.1, -0.05) is 24.3 Å². The first-order valence-electron chi connectivity index (χ1n) is 9.29. The number of nitrogens with zero attached hydrogens (tertiary/aromatic N) is 3. The first-order chi connectivity index (χ1) is 12.2. The van der Waals surface area contributed by atoms with E-state index in [0.29, 0.717) is 19.2 Å². The van der Waals surface area contributed by atoms with E-state index in [1.54, 1.807) is 0 Å². The highest BCUT2D eigenvalue weighted by Crippen LogP contribution is 2.32. The number of ether oxygens (including phenoxy) is 1. The van der Waals surface area contributed by atoms with E-state index >= 15 is 0 Å². The molecule has 2 atom stereocenters. The molecule has 4 rings (SSSR count). The maximum absolute atomic E-state index is 10.3. The largest absolute Gasteiger partial charge is 0.389 e. The van der Waals surface area contributed by atoms with Gasteiger partial charge in [-0.3, -0.25) is 9.58 Å². The number of benzene rings is 1. The van der Waals surface area contributed by atoms with Crippen molar-refractivity contribution in [2.45, 2.75) is 44.4 Å². The first kappa shape index (κ1) is 16.8. The lowest BCUT2D eigenvalue weighted by Crippen LogP contribution is -2.51. The van der Waals surface area contributed by atoms with Crippen LogP contribution in [-0.4, -0.2) is 52.1 Å². The van der Waals surface area contributed by atoms with Crippen LogP contribution in [0.3, 0.4) is 0 Å². The molecule has 1 aliphatic heterocycles. The number of fused-ring (bicyclic) bond motifs is 1. The monoisotopic (exact) mass is 341 g/mol. The summed E-state index contributed by atoms with van der Waals surface area (Å²) in [7, 11) is 0. The summed E-state index contributed by atoms with van der Waals surface area (Å²) >= 11 is 0. The maximum atomic E-state index is 10.3. The van der Waals surface area contributed by atoms with Gasteiger partial charge in [0.15, 0.2) is 0 Å². The Morgan fingerprint density at radius 3 is 2.96 bits per heavy atom. The summed E-state index contributed by atoms with van der Waals surface area (Å²) in [5.41, 5.74) is 3.90. The number of aryl methyl sites for hydroxylation is 2. The fourth-order valence-corrected chi connectivity index (χ4v) is 3.95. The Hall–Kier alpha value is -1.69. The summed E-state index contributed by atoms with van der Waals surface area (Å²) in [5, 5.41) is 14.7. The van der Waals surface area contributed by atoms with Gasteiger partial charge in [-0.25, -0.2) is 0 Å². The zero-order valence-corrected chi connectivity index (χ0v) is 14.8. The normalized spacial score (nSPS) is 22.4. The van der Waals surface area contributed by atoms with E-state index in [2.05, 4.69) is 47.4 Å². The van der Waals surface area contributed by atoms with Crippen molar-refractivity contribution in [1.82, 2.24) is 14.7 Å². The fraction of sp³-hybridized carbons (Fsp3) is 0.550. The third kappa shape index (κ3) is 3.78. The van der Waals surface area contributed by atoms with Crippen molar-refractivity contribution in [2.75, 3.05) is 26.2 Å². The lowest BCUT2D eigenvalue weighted by Gasteiger charge is -2.40. The maximum Gasteiger partial charge on any atom is 0.0900 e. The van der Waals surface area contributed by atoms with Gasteiger partial charge in [0.05, 0.1) is 31.1 Å². The molecule has 1 aromatic heterocycles. The Kier molecular flexibility index (Phi) is 4.88. The molecular formula is C20H27N3O2. The van der Waals surface area contributed by atoms with Crippen LogP contribution in [0.2, 0.25) is 0 Å². The van der Waals surface area contributed by atoms with E-state index < -0.39 is 6.10 Å². The van der Waals surface area contributed by atoms with Gasteiger partial charge in [0.25, 0.3) is 0 Å². The highest BCUT2D eigenvalue weighted by molar-refractivity contribution is 5.31. The van der Waals surface area contributed by atoms with Gasteiger partial charge in [-0.05, 0) is 42.9 Å². The number of aliphatic hydroxyl groups is 1. The van der Waals surface area contributed by atoms with Gasteiger partial charge in [0.2, 0.25) is 0 Å². The molecule has 1 saturated heterocycles. The number of likely N-dealkylation sites (tertiary alicyclic amines) is 1. The van der Waals surface area contributed by atoms with Crippen LogP contribution in [-0.2, 0) is 11.2 Å². The Bertz CT molecular complexity index is 708. The molecule has 2 aliphatic rings. The van der Waals surface area contributed by atoms with Gasteiger partial charge in [0.1, 0.15) is 0 Å². The van der Waals surface area contributed by atoms with Crippen molar-refractivity contribution < 1.29 is 9.84 Å². The van der Waals surface area contributed by atoms with Crippen molar-refractivity contribution in [1.29, 1.82) is 0 Å². The van der Waals surface area contributed by atoms with Crippen LogP contribution in [0.25, 0.3) is 0 Å². The zero-order chi connectivity index (χ0) is 17.2. The predicted octanol–water partition coefficient (Wildman–Crippen LogP) is 2.50. The van der Waals surface area contributed by atoms with Crippen LogP contribution in [0, 0.1) is 6.92 Å². The average molecular weight is 341 g/mol. The summed E-state index contributed by atoms with van der Waals surface area (Å²) in [5.74, 6) is 0. The van der Waals surface area contributed by atoms with E-state index in [0.717, 1.165) is 32.4 Å². The Morgan fingerprint density at radius 2 is 2.16 bits per heavy atom. The van der Waals surface area contributed by atoms with Crippen LogP contribution < -0.4 is 0 Å². The molecule has 0 saturated carbocycles. The molecule has 2 heterocycles. The molecule has 1 N–H and O–H groups in total. The van der Waals surface area contributed by atoms with Gasteiger partial charge in [-0.2, -0.15) is 5.10 Å². The Labute approximate surface area is 149 Å². The zero-order valence-electron chi connectivity index (χ0n) is 14.8. The topological polar surface area (TPSA) is 50.5 Å². The van der Waals surface area contributed by atoms with Crippen LogP contribution >= 0.6 is 0 Å². The van der Waals surface area contributed by atoms with E-state index in [4.69, 9.17) is 4.74 Å².